The lowest BCUT2D eigenvalue weighted by Gasteiger charge is -2.40. The second-order valence-electron chi connectivity index (χ2n) is 7.29. The molecule has 2 aliphatic rings. The van der Waals surface area contributed by atoms with Crippen LogP contribution in [-0.2, 0) is 12.2 Å². The molecule has 0 radical (unpaired) electrons. The van der Waals surface area contributed by atoms with Gasteiger partial charge in [0, 0.05) is 30.4 Å². The highest BCUT2D eigenvalue weighted by Gasteiger charge is 2.49. The Balaban J connectivity index is 1.43. The van der Waals surface area contributed by atoms with E-state index in [1.807, 2.05) is 0 Å². The van der Waals surface area contributed by atoms with Crippen molar-refractivity contribution in [2.75, 3.05) is 13.1 Å². The number of hydrogen-bond donors (Lipinski definition) is 0. The lowest BCUT2D eigenvalue weighted by Crippen LogP contribution is -2.42. The number of hydrogen-bond acceptors (Lipinski definition) is 2. The normalized spacial score (nSPS) is 26.6. The van der Waals surface area contributed by atoms with Gasteiger partial charge in [0.1, 0.15) is 11.5 Å². The number of likely N-dealkylation sites (tertiary alicyclic amines) is 1. The molecule has 25 heavy (non-hydrogen) atoms. The highest BCUT2D eigenvalue weighted by molar-refractivity contribution is 5.82. The molecule has 0 bridgehead atoms. The van der Waals surface area contributed by atoms with Crippen molar-refractivity contribution in [2.45, 2.75) is 37.9 Å². The van der Waals surface area contributed by atoms with Crippen LogP contribution in [-0.4, -0.2) is 28.5 Å². The van der Waals surface area contributed by atoms with Gasteiger partial charge in [-0.1, -0.05) is 12.1 Å². The van der Waals surface area contributed by atoms with E-state index in [1.165, 1.54) is 10.6 Å². The topological polar surface area (TPSA) is 25.2 Å². The van der Waals surface area contributed by atoms with Crippen molar-refractivity contribution in [3.63, 3.8) is 0 Å². The van der Waals surface area contributed by atoms with Crippen LogP contribution in [0, 0.1) is 11.7 Å². The molecule has 1 aliphatic heterocycles. The van der Waals surface area contributed by atoms with Crippen LogP contribution >= 0.6 is 0 Å². The van der Waals surface area contributed by atoms with E-state index in [-0.39, 0.29) is 30.5 Å². The zero-order valence-corrected chi connectivity index (χ0v) is 14.1. The zero-order valence-electron chi connectivity index (χ0n) is 14.1. The molecule has 1 aliphatic carbocycles. The summed E-state index contributed by atoms with van der Waals surface area (Å²) in [4.78, 5) is 14.5. The first-order valence-corrected chi connectivity index (χ1v) is 8.92. The minimum Gasteiger partial charge on any atom is -0.299 e. The Morgan fingerprint density at radius 3 is 2.48 bits per heavy atom. The highest BCUT2D eigenvalue weighted by atomic mass is 19.1. The molecule has 1 saturated carbocycles. The third-order valence-corrected chi connectivity index (χ3v) is 5.51. The fourth-order valence-corrected chi connectivity index (χ4v) is 3.96. The summed E-state index contributed by atoms with van der Waals surface area (Å²) in [6.45, 7) is 2.58. The first-order valence-electron chi connectivity index (χ1n) is 8.92. The minimum atomic E-state index is -1.60. The molecule has 1 aromatic heterocycles. The maximum absolute atomic E-state index is 15.1. The quantitative estimate of drug-likeness (QED) is 0.833. The SMILES string of the molecule is O=C(C1CC(F)(c2ccc(CN3CCCC3)c(F)c2)C1)n1cccc1. The summed E-state index contributed by atoms with van der Waals surface area (Å²) in [5, 5.41) is 0. The second kappa shape index (κ2) is 6.37. The molecule has 2 fully saturated rings. The summed E-state index contributed by atoms with van der Waals surface area (Å²) in [5.74, 6) is -0.782. The number of halogens is 2. The molecular weight excluding hydrogens is 322 g/mol. The summed E-state index contributed by atoms with van der Waals surface area (Å²) in [7, 11) is 0. The Bertz CT molecular complexity index is 760. The number of carbonyl (C=O) groups is 1. The van der Waals surface area contributed by atoms with Gasteiger partial charge in [-0.3, -0.25) is 14.3 Å². The molecule has 3 nitrogen and oxygen atoms in total. The van der Waals surface area contributed by atoms with E-state index in [1.54, 1.807) is 36.7 Å². The first-order chi connectivity index (χ1) is 12.0. The molecule has 132 valence electrons. The molecular formula is C20H22F2N2O. The van der Waals surface area contributed by atoms with E-state index >= 15 is 4.39 Å². The number of rotatable bonds is 4. The molecule has 0 N–H and O–H groups in total. The predicted octanol–water partition coefficient (Wildman–Crippen LogP) is 4.14. The Morgan fingerprint density at radius 1 is 1.16 bits per heavy atom. The van der Waals surface area contributed by atoms with Gasteiger partial charge < -0.3 is 0 Å². The Morgan fingerprint density at radius 2 is 1.84 bits per heavy atom. The highest BCUT2D eigenvalue weighted by Crippen LogP contribution is 2.49. The first kappa shape index (κ1) is 16.5. The van der Waals surface area contributed by atoms with E-state index in [9.17, 15) is 9.18 Å². The van der Waals surface area contributed by atoms with E-state index < -0.39 is 5.67 Å². The number of aromatic nitrogens is 1. The van der Waals surface area contributed by atoms with Crippen LogP contribution < -0.4 is 0 Å². The van der Waals surface area contributed by atoms with Crippen molar-refractivity contribution in [3.05, 3.63) is 59.7 Å². The largest absolute Gasteiger partial charge is 0.299 e. The van der Waals surface area contributed by atoms with Crippen LogP contribution in [0.1, 0.15) is 41.6 Å². The Hall–Kier alpha value is -2.01. The fourth-order valence-electron chi connectivity index (χ4n) is 3.96. The van der Waals surface area contributed by atoms with Gasteiger partial charge in [-0.25, -0.2) is 8.78 Å². The Labute approximate surface area is 146 Å². The average molecular weight is 344 g/mol. The third kappa shape index (κ3) is 3.13. The number of benzene rings is 1. The van der Waals surface area contributed by atoms with Crippen molar-refractivity contribution in [3.8, 4) is 0 Å². The van der Waals surface area contributed by atoms with Crippen molar-refractivity contribution in [1.82, 2.24) is 9.47 Å². The monoisotopic (exact) mass is 344 g/mol. The van der Waals surface area contributed by atoms with Crippen LogP contribution in [0.15, 0.2) is 42.7 Å². The lowest BCUT2D eigenvalue weighted by molar-refractivity contribution is 0.00236. The van der Waals surface area contributed by atoms with Crippen LogP contribution in [0.4, 0.5) is 8.78 Å². The molecule has 2 aromatic rings. The number of nitrogens with zero attached hydrogens (tertiary/aromatic N) is 2. The lowest BCUT2D eigenvalue weighted by atomic mass is 9.68. The van der Waals surface area contributed by atoms with Gasteiger partial charge in [0.05, 0.1) is 0 Å². The van der Waals surface area contributed by atoms with Crippen molar-refractivity contribution in [2.24, 2.45) is 5.92 Å². The summed E-state index contributed by atoms with van der Waals surface area (Å²) in [6, 6.07) is 8.25. The van der Waals surface area contributed by atoms with Gasteiger partial charge in [0.2, 0.25) is 5.91 Å². The van der Waals surface area contributed by atoms with Gasteiger partial charge in [-0.2, -0.15) is 0 Å². The van der Waals surface area contributed by atoms with Crippen molar-refractivity contribution >= 4 is 5.91 Å². The maximum atomic E-state index is 15.1. The minimum absolute atomic E-state index is 0.0931. The van der Waals surface area contributed by atoms with Gasteiger partial charge in [0.15, 0.2) is 0 Å². The average Bonchev–Trinajstić information content (AvgIpc) is 3.26. The molecule has 0 amide bonds. The molecule has 1 saturated heterocycles. The maximum Gasteiger partial charge on any atom is 0.233 e. The van der Waals surface area contributed by atoms with E-state index in [0.717, 1.165) is 25.9 Å². The van der Waals surface area contributed by atoms with Gasteiger partial charge in [0.25, 0.3) is 0 Å². The van der Waals surface area contributed by atoms with E-state index in [4.69, 9.17) is 0 Å². The zero-order chi connectivity index (χ0) is 17.4. The molecule has 0 atom stereocenters. The molecule has 0 unspecified atom stereocenters. The van der Waals surface area contributed by atoms with Crippen LogP contribution in [0.2, 0.25) is 0 Å². The van der Waals surface area contributed by atoms with Gasteiger partial charge in [-0.15, -0.1) is 0 Å². The molecule has 4 rings (SSSR count). The fraction of sp³-hybridized carbons (Fsp3) is 0.450. The van der Waals surface area contributed by atoms with Crippen LogP contribution in [0.5, 0.6) is 0 Å². The van der Waals surface area contributed by atoms with E-state index in [2.05, 4.69) is 4.90 Å². The molecule has 0 spiro atoms. The molecule has 2 heterocycles. The smallest absolute Gasteiger partial charge is 0.233 e. The standard InChI is InChI=1S/C20H22F2N2O/c21-18-11-17(6-5-15(18)14-23-7-1-2-8-23)20(22)12-16(13-20)19(25)24-9-3-4-10-24/h3-6,9-11,16H,1-2,7-8,12-14H2. The summed E-state index contributed by atoms with van der Waals surface area (Å²) in [6.07, 6.45) is 5.90. The summed E-state index contributed by atoms with van der Waals surface area (Å²) in [5.41, 5.74) is -0.624. The van der Waals surface area contributed by atoms with Crippen molar-refractivity contribution in [1.29, 1.82) is 0 Å². The summed E-state index contributed by atoms with van der Waals surface area (Å²) >= 11 is 0. The van der Waals surface area contributed by atoms with Gasteiger partial charge in [-0.05, 0) is 62.5 Å². The van der Waals surface area contributed by atoms with Crippen molar-refractivity contribution < 1.29 is 13.6 Å². The Kier molecular flexibility index (Phi) is 4.20. The van der Waals surface area contributed by atoms with E-state index in [0.29, 0.717) is 17.7 Å². The van der Waals surface area contributed by atoms with Crippen LogP contribution in [0.3, 0.4) is 0 Å². The van der Waals surface area contributed by atoms with Crippen LogP contribution in [0.25, 0.3) is 0 Å². The van der Waals surface area contributed by atoms with Gasteiger partial charge >= 0.3 is 0 Å². The predicted molar refractivity (Wildman–Crippen MR) is 91.5 cm³/mol. The third-order valence-electron chi connectivity index (χ3n) is 5.51. The number of carbonyl (C=O) groups excluding carboxylic acids is 1. The molecule has 5 heteroatoms. The molecule has 1 aromatic carbocycles. The second-order valence-corrected chi connectivity index (χ2v) is 7.29. The number of alkyl halides is 1. The summed E-state index contributed by atoms with van der Waals surface area (Å²) < 4.78 is 31.0.